The fourth-order valence-corrected chi connectivity index (χ4v) is 1.59. The highest BCUT2D eigenvalue weighted by Gasteiger charge is 2.32. The fraction of sp³-hybridized carbons (Fsp3) is 0.300. The third-order valence-electron chi connectivity index (χ3n) is 2.27. The molecule has 0 bridgehead atoms. The highest BCUT2D eigenvalue weighted by Crippen LogP contribution is 2.33. The number of carbonyl (C=O) groups excluding carboxylic acids is 1. The molecule has 1 aromatic heterocycles. The first-order valence-corrected chi connectivity index (χ1v) is 5.68. The molecule has 11 heteroatoms. The first kappa shape index (κ1) is 16.8. The number of anilines is 1. The summed E-state index contributed by atoms with van der Waals surface area (Å²) in [6, 6.07) is -0.274. The summed E-state index contributed by atoms with van der Waals surface area (Å²) < 4.78 is 37.6. The number of nitrogens with two attached hydrogens (primary N) is 1. The van der Waals surface area contributed by atoms with Gasteiger partial charge in [-0.1, -0.05) is 16.8 Å². The van der Waals surface area contributed by atoms with Crippen molar-refractivity contribution in [2.45, 2.75) is 6.18 Å². The van der Waals surface area contributed by atoms with Crippen LogP contribution in [0.5, 0.6) is 0 Å². The molecule has 0 aliphatic carbocycles. The van der Waals surface area contributed by atoms with Crippen LogP contribution in [-0.2, 0) is 11.0 Å². The summed E-state index contributed by atoms with van der Waals surface area (Å²) in [5, 5.41) is 4.79. The zero-order valence-electron chi connectivity index (χ0n) is 10.9. The lowest BCUT2D eigenvalue weighted by Crippen LogP contribution is -2.47. The Morgan fingerprint density at radius 2 is 2.19 bits per heavy atom. The molecule has 0 radical (unpaired) electrons. The van der Waals surface area contributed by atoms with E-state index in [1.54, 1.807) is 0 Å². The minimum Gasteiger partial charge on any atom is -0.398 e. The smallest absolute Gasteiger partial charge is 0.398 e. The van der Waals surface area contributed by atoms with E-state index in [9.17, 15) is 18.0 Å². The zero-order valence-corrected chi connectivity index (χ0v) is 11.7. The molecule has 0 atom stereocenters. The lowest BCUT2D eigenvalue weighted by atomic mass is 10.3. The molecule has 0 saturated carbocycles. The van der Waals surface area contributed by atoms with Crippen LogP contribution in [-0.4, -0.2) is 36.5 Å². The summed E-state index contributed by atoms with van der Waals surface area (Å²) in [6.07, 6.45) is -3.07. The summed E-state index contributed by atoms with van der Waals surface area (Å²) in [4.78, 5) is 19.2. The fourth-order valence-electron chi connectivity index (χ4n) is 1.30. The van der Waals surface area contributed by atoms with Gasteiger partial charge in [0.15, 0.2) is 12.2 Å². The van der Waals surface area contributed by atoms with E-state index in [1.165, 1.54) is 14.2 Å². The SMILES string of the molecule is CO/N=C/N(C(N)=O)N(C)c1ncc(C(F)(F)F)cc1Cl. The number of hydrogen-bond donors (Lipinski definition) is 1. The van der Waals surface area contributed by atoms with Gasteiger partial charge in [-0.2, -0.15) is 18.2 Å². The van der Waals surface area contributed by atoms with Gasteiger partial charge in [0.1, 0.15) is 7.11 Å². The van der Waals surface area contributed by atoms with Crippen LogP contribution in [0.1, 0.15) is 5.56 Å². The number of amides is 2. The number of urea groups is 1. The standard InChI is InChI=1S/C10H11ClF3N5O2/c1-18(19(9(15)20)5-17-21-2)8-7(11)3-6(4-16-8)10(12,13)14/h3-5H,1-2H3,(H2,15,20)/b17-5+. The number of primary amides is 1. The summed E-state index contributed by atoms with van der Waals surface area (Å²) in [6.45, 7) is 0. The van der Waals surface area contributed by atoms with Gasteiger partial charge in [-0.05, 0) is 6.07 Å². The van der Waals surface area contributed by atoms with Gasteiger partial charge in [0.05, 0.1) is 10.6 Å². The largest absolute Gasteiger partial charge is 0.417 e. The molecule has 2 amide bonds. The van der Waals surface area contributed by atoms with Crippen molar-refractivity contribution in [3.05, 3.63) is 22.8 Å². The Balaban J connectivity index is 3.14. The molecule has 21 heavy (non-hydrogen) atoms. The molecule has 2 N–H and O–H groups in total. The first-order valence-electron chi connectivity index (χ1n) is 5.30. The molecule has 1 heterocycles. The van der Waals surface area contributed by atoms with Gasteiger partial charge in [-0.25, -0.2) is 9.78 Å². The first-order chi connectivity index (χ1) is 9.68. The normalized spacial score (nSPS) is 11.5. The van der Waals surface area contributed by atoms with Gasteiger partial charge < -0.3 is 10.6 Å². The Morgan fingerprint density at radius 1 is 1.57 bits per heavy atom. The maximum Gasteiger partial charge on any atom is 0.417 e. The summed E-state index contributed by atoms with van der Waals surface area (Å²) in [5.74, 6) is -0.119. The minimum absolute atomic E-state index is 0.119. The molecule has 0 unspecified atom stereocenters. The van der Waals surface area contributed by atoms with Crippen molar-refractivity contribution in [2.75, 3.05) is 19.2 Å². The summed E-state index contributed by atoms with van der Waals surface area (Å²) in [5.41, 5.74) is 4.10. The second kappa shape index (κ2) is 6.48. The van der Waals surface area contributed by atoms with E-state index in [2.05, 4.69) is 15.0 Å². The van der Waals surface area contributed by atoms with Gasteiger partial charge in [0.2, 0.25) is 0 Å². The van der Waals surface area contributed by atoms with Crippen LogP contribution in [0, 0.1) is 0 Å². The monoisotopic (exact) mass is 325 g/mol. The van der Waals surface area contributed by atoms with Crippen molar-refractivity contribution in [3.8, 4) is 0 Å². The van der Waals surface area contributed by atoms with E-state index in [0.29, 0.717) is 12.3 Å². The van der Waals surface area contributed by atoms with E-state index in [1.807, 2.05) is 0 Å². The number of carbonyl (C=O) groups is 1. The lowest BCUT2D eigenvalue weighted by molar-refractivity contribution is -0.137. The molecular weight excluding hydrogens is 315 g/mol. The molecule has 1 rings (SSSR count). The van der Waals surface area contributed by atoms with Crippen molar-refractivity contribution in [2.24, 2.45) is 10.9 Å². The molecule has 0 aliphatic heterocycles. The molecule has 0 aromatic carbocycles. The van der Waals surface area contributed by atoms with Gasteiger partial charge in [0.25, 0.3) is 0 Å². The van der Waals surface area contributed by atoms with E-state index in [0.717, 1.165) is 16.4 Å². The highest BCUT2D eigenvalue weighted by molar-refractivity contribution is 6.33. The summed E-state index contributed by atoms with van der Waals surface area (Å²) >= 11 is 5.75. The third kappa shape index (κ3) is 4.12. The summed E-state index contributed by atoms with van der Waals surface area (Å²) in [7, 11) is 2.55. The number of alkyl halides is 3. The average Bonchev–Trinajstić information content (AvgIpc) is 2.37. The van der Waals surface area contributed by atoms with E-state index in [-0.39, 0.29) is 10.8 Å². The molecule has 0 aliphatic rings. The number of hydrazine groups is 1. The second-order valence-corrected chi connectivity index (χ2v) is 4.04. The van der Waals surface area contributed by atoms with Crippen LogP contribution in [0.25, 0.3) is 0 Å². The van der Waals surface area contributed by atoms with Crippen LogP contribution >= 0.6 is 11.6 Å². The number of hydrogen-bond acceptors (Lipinski definition) is 5. The van der Waals surface area contributed by atoms with Crippen molar-refractivity contribution >= 4 is 29.8 Å². The quantitative estimate of drug-likeness (QED) is 0.522. The lowest BCUT2D eigenvalue weighted by Gasteiger charge is -2.27. The second-order valence-electron chi connectivity index (χ2n) is 3.64. The molecule has 1 aromatic rings. The predicted octanol–water partition coefficient (Wildman–Crippen LogP) is 2.08. The number of aromatic nitrogens is 1. The third-order valence-corrected chi connectivity index (χ3v) is 2.54. The minimum atomic E-state index is -4.57. The zero-order chi connectivity index (χ0) is 16.2. The predicted molar refractivity (Wildman–Crippen MR) is 69.6 cm³/mol. The topological polar surface area (TPSA) is 84.0 Å². The van der Waals surface area contributed by atoms with Crippen LogP contribution in [0.3, 0.4) is 0 Å². The number of rotatable bonds is 4. The van der Waals surface area contributed by atoms with Crippen LogP contribution in [0.15, 0.2) is 17.4 Å². The van der Waals surface area contributed by atoms with E-state index >= 15 is 0 Å². The van der Waals surface area contributed by atoms with Crippen molar-refractivity contribution in [3.63, 3.8) is 0 Å². The van der Waals surface area contributed by atoms with Gasteiger partial charge >= 0.3 is 12.2 Å². The molecular formula is C10H11ClF3N5O2. The molecule has 0 fully saturated rings. The number of pyridine rings is 1. The van der Waals surface area contributed by atoms with E-state index < -0.39 is 17.8 Å². The Morgan fingerprint density at radius 3 is 2.62 bits per heavy atom. The van der Waals surface area contributed by atoms with Crippen molar-refractivity contribution < 1.29 is 22.8 Å². The van der Waals surface area contributed by atoms with Crippen molar-refractivity contribution in [1.29, 1.82) is 0 Å². The number of oxime groups is 1. The molecule has 0 saturated heterocycles. The Kier molecular flexibility index (Phi) is 5.19. The van der Waals surface area contributed by atoms with Gasteiger partial charge in [-0.3, -0.25) is 5.01 Å². The molecule has 0 spiro atoms. The average molecular weight is 326 g/mol. The number of halogens is 4. The van der Waals surface area contributed by atoms with Gasteiger partial charge in [0, 0.05) is 13.2 Å². The number of nitrogens with zero attached hydrogens (tertiary/aromatic N) is 4. The Hall–Kier alpha value is -2.23. The maximum atomic E-state index is 12.5. The van der Waals surface area contributed by atoms with E-state index in [4.69, 9.17) is 17.3 Å². The maximum absolute atomic E-state index is 12.5. The Labute approximate surface area is 122 Å². The van der Waals surface area contributed by atoms with Gasteiger partial charge in [-0.15, -0.1) is 0 Å². The Bertz CT molecular complexity index is 552. The highest BCUT2D eigenvalue weighted by atomic mass is 35.5. The van der Waals surface area contributed by atoms with Crippen LogP contribution in [0.4, 0.5) is 23.8 Å². The van der Waals surface area contributed by atoms with Crippen LogP contribution in [0.2, 0.25) is 5.02 Å². The van der Waals surface area contributed by atoms with Crippen LogP contribution < -0.4 is 10.7 Å². The molecule has 116 valence electrons. The molecule has 7 nitrogen and oxygen atoms in total. The van der Waals surface area contributed by atoms with Crippen molar-refractivity contribution in [1.82, 2.24) is 9.99 Å².